The van der Waals surface area contributed by atoms with E-state index in [4.69, 9.17) is 4.74 Å². The molecule has 2 heteroatoms. The van der Waals surface area contributed by atoms with Crippen LogP contribution in [-0.2, 0) is 10.8 Å². The lowest BCUT2D eigenvalue weighted by molar-refractivity contribution is 0.306. The molecule has 0 fully saturated rings. The third-order valence-electron chi connectivity index (χ3n) is 3.17. The zero-order valence-electron chi connectivity index (χ0n) is 13.4. The van der Waals surface area contributed by atoms with Gasteiger partial charge in [-0.2, -0.15) is 0 Å². The van der Waals surface area contributed by atoms with E-state index in [2.05, 4.69) is 76.5 Å². The van der Waals surface area contributed by atoms with Gasteiger partial charge in [0, 0.05) is 5.56 Å². The van der Waals surface area contributed by atoms with Gasteiger partial charge in [-0.3, -0.25) is 0 Å². The Morgan fingerprint density at radius 3 is 2.00 bits per heavy atom. The molecule has 0 aliphatic carbocycles. The summed E-state index contributed by atoms with van der Waals surface area (Å²) in [6.45, 7) is 16.3. The standard InChI is InChI=1S/C17H27BrO/c1-8-9-19-15-13(17(5,6)7)10-12(11-14(15)18)16(2,3)4/h10-11H,8-9H2,1-7H3. The third kappa shape index (κ3) is 4.24. The zero-order chi connectivity index (χ0) is 14.8. The van der Waals surface area contributed by atoms with Crippen LogP contribution in [0.1, 0.15) is 66.0 Å². The average molecular weight is 327 g/mol. The Bertz CT molecular complexity index is 436. The lowest BCUT2D eigenvalue weighted by Gasteiger charge is -2.28. The molecule has 0 saturated carbocycles. The summed E-state index contributed by atoms with van der Waals surface area (Å²) in [5.41, 5.74) is 2.84. The van der Waals surface area contributed by atoms with Crippen molar-refractivity contribution >= 4 is 15.9 Å². The Labute approximate surface area is 126 Å². The molecule has 1 aromatic carbocycles. The lowest BCUT2D eigenvalue weighted by Crippen LogP contribution is -2.18. The van der Waals surface area contributed by atoms with Crippen LogP contribution in [-0.4, -0.2) is 6.61 Å². The summed E-state index contributed by atoms with van der Waals surface area (Å²) in [5.74, 6) is 1.00. The monoisotopic (exact) mass is 326 g/mol. The summed E-state index contributed by atoms with van der Waals surface area (Å²) in [4.78, 5) is 0. The van der Waals surface area contributed by atoms with Crippen molar-refractivity contribution in [1.82, 2.24) is 0 Å². The van der Waals surface area contributed by atoms with Crippen molar-refractivity contribution in [2.24, 2.45) is 0 Å². The van der Waals surface area contributed by atoms with Gasteiger partial charge in [0.15, 0.2) is 0 Å². The molecule has 0 spiro atoms. The topological polar surface area (TPSA) is 9.23 Å². The second kappa shape index (κ2) is 5.87. The molecule has 1 rings (SSSR count). The first kappa shape index (κ1) is 16.6. The maximum absolute atomic E-state index is 5.96. The smallest absolute Gasteiger partial charge is 0.137 e. The molecule has 0 saturated heterocycles. The molecule has 0 atom stereocenters. The van der Waals surface area contributed by atoms with Crippen LogP contribution in [0.2, 0.25) is 0 Å². The first-order valence-electron chi connectivity index (χ1n) is 7.04. The average Bonchev–Trinajstić information content (AvgIpc) is 2.23. The highest BCUT2D eigenvalue weighted by Gasteiger charge is 2.25. The molecule has 108 valence electrons. The van der Waals surface area contributed by atoms with E-state index in [1.165, 1.54) is 11.1 Å². The summed E-state index contributed by atoms with van der Waals surface area (Å²) < 4.78 is 7.03. The minimum atomic E-state index is 0.0762. The number of rotatable bonds is 3. The van der Waals surface area contributed by atoms with Crippen LogP contribution in [0.25, 0.3) is 0 Å². The van der Waals surface area contributed by atoms with Gasteiger partial charge in [-0.25, -0.2) is 0 Å². The fourth-order valence-corrected chi connectivity index (χ4v) is 2.51. The van der Waals surface area contributed by atoms with Gasteiger partial charge in [0.1, 0.15) is 5.75 Å². The molecule has 0 aliphatic heterocycles. The largest absolute Gasteiger partial charge is 0.492 e. The zero-order valence-corrected chi connectivity index (χ0v) is 14.9. The van der Waals surface area contributed by atoms with E-state index < -0.39 is 0 Å². The Kier molecular flexibility index (Phi) is 5.11. The van der Waals surface area contributed by atoms with Gasteiger partial charge in [-0.15, -0.1) is 0 Å². The maximum Gasteiger partial charge on any atom is 0.137 e. The molecule has 19 heavy (non-hydrogen) atoms. The van der Waals surface area contributed by atoms with Gasteiger partial charge in [0.25, 0.3) is 0 Å². The summed E-state index contributed by atoms with van der Waals surface area (Å²) >= 11 is 3.69. The normalized spacial score (nSPS) is 12.6. The predicted octanol–water partition coefficient (Wildman–Crippen LogP) is 5.83. The first-order valence-corrected chi connectivity index (χ1v) is 7.84. The number of halogens is 1. The molecule has 0 unspecified atom stereocenters. The quantitative estimate of drug-likeness (QED) is 0.678. The van der Waals surface area contributed by atoms with Crippen LogP contribution in [0.5, 0.6) is 5.75 Å². The first-order chi connectivity index (χ1) is 8.57. The Morgan fingerprint density at radius 2 is 1.58 bits per heavy atom. The number of ether oxygens (including phenoxy) is 1. The molecule has 0 radical (unpaired) electrons. The van der Waals surface area contributed by atoms with Crippen LogP contribution in [0.3, 0.4) is 0 Å². The fourth-order valence-electron chi connectivity index (χ4n) is 1.93. The van der Waals surface area contributed by atoms with Crippen LogP contribution in [0.15, 0.2) is 16.6 Å². The van der Waals surface area contributed by atoms with E-state index in [1.807, 2.05) is 0 Å². The van der Waals surface area contributed by atoms with E-state index in [0.717, 1.165) is 23.2 Å². The predicted molar refractivity (Wildman–Crippen MR) is 87.3 cm³/mol. The van der Waals surface area contributed by atoms with Crippen LogP contribution in [0.4, 0.5) is 0 Å². The highest BCUT2D eigenvalue weighted by molar-refractivity contribution is 9.10. The van der Waals surface area contributed by atoms with Crippen molar-refractivity contribution in [2.75, 3.05) is 6.61 Å². The Balaban J connectivity index is 3.39. The van der Waals surface area contributed by atoms with Crippen molar-refractivity contribution in [3.05, 3.63) is 27.7 Å². The molecule has 1 nitrogen and oxygen atoms in total. The van der Waals surface area contributed by atoms with E-state index in [-0.39, 0.29) is 10.8 Å². The second-order valence-electron chi connectivity index (χ2n) is 7.18. The lowest BCUT2D eigenvalue weighted by atomic mass is 9.80. The summed E-state index contributed by atoms with van der Waals surface area (Å²) in [7, 11) is 0. The van der Waals surface area contributed by atoms with E-state index in [1.54, 1.807) is 0 Å². The molecular formula is C17H27BrO. The molecule has 0 amide bonds. The molecular weight excluding hydrogens is 300 g/mol. The summed E-state index contributed by atoms with van der Waals surface area (Å²) in [5, 5.41) is 0. The third-order valence-corrected chi connectivity index (χ3v) is 3.76. The molecule has 0 bridgehead atoms. The van der Waals surface area contributed by atoms with Gasteiger partial charge >= 0.3 is 0 Å². The SMILES string of the molecule is CCCOc1c(Br)cc(C(C)(C)C)cc1C(C)(C)C. The van der Waals surface area contributed by atoms with E-state index >= 15 is 0 Å². The molecule has 1 aromatic rings. The highest BCUT2D eigenvalue weighted by atomic mass is 79.9. The van der Waals surface area contributed by atoms with Gasteiger partial charge in [-0.05, 0) is 44.8 Å². The van der Waals surface area contributed by atoms with E-state index in [0.29, 0.717) is 0 Å². The van der Waals surface area contributed by atoms with Crippen LogP contribution >= 0.6 is 15.9 Å². The molecule has 0 aliphatic rings. The molecule has 0 aromatic heterocycles. The Morgan fingerprint density at radius 1 is 1.00 bits per heavy atom. The van der Waals surface area contributed by atoms with Crippen LogP contribution < -0.4 is 4.74 Å². The van der Waals surface area contributed by atoms with Crippen LogP contribution in [0, 0.1) is 0 Å². The maximum atomic E-state index is 5.96. The molecule has 0 heterocycles. The summed E-state index contributed by atoms with van der Waals surface area (Å²) in [6.07, 6.45) is 1.02. The Hall–Kier alpha value is -0.500. The van der Waals surface area contributed by atoms with Crippen molar-refractivity contribution in [3.63, 3.8) is 0 Å². The second-order valence-corrected chi connectivity index (χ2v) is 8.04. The highest BCUT2D eigenvalue weighted by Crippen LogP contribution is 2.40. The molecule has 0 N–H and O–H groups in total. The van der Waals surface area contributed by atoms with Gasteiger partial charge in [0.2, 0.25) is 0 Å². The minimum Gasteiger partial charge on any atom is -0.492 e. The fraction of sp³-hybridized carbons (Fsp3) is 0.647. The number of hydrogen-bond acceptors (Lipinski definition) is 1. The number of hydrogen-bond donors (Lipinski definition) is 0. The van der Waals surface area contributed by atoms with Crippen molar-refractivity contribution < 1.29 is 4.74 Å². The van der Waals surface area contributed by atoms with Crippen molar-refractivity contribution in [2.45, 2.75) is 65.7 Å². The van der Waals surface area contributed by atoms with Gasteiger partial charge in [-0.1, -0.05) is 54.5 Å². The van der Waals surface area contributed by atoms with E-state index in [9.17, 15) is 0 Å². The van der Waals surface area contributed by atoms with Crippen molar-refractivity contribution in [1.29, 1.82) is 0 Å². The number of benzene rings is 1. The van der Waals surface area contributed by atoms with Gasteiger partial charge in [0.05, 0.1) is 11.1 Å². The van der Waals surface area contributed by atoms with Crippen molar-refractivity contribution in [3.8, 4) is 5.75 Å². The van der Waals surface area contributed by atoms with Gasteiger partial charge < -0.3 is 4.74 Å². The minimum absolute atomic E-state index is 0.0762. The summed E-state index contributed by atoms with van der Waals surface area (Å²) in [6, 6.07) is 4.50.